The van der Waals surface area contributed by atoms with Gasteiger partial charge in [0.2, 0.25) is 0 Å². The maximum absolute atomic E-state index is 5.75. The summed E-state index contributed by atoms with van der Waals surface area (Å²) in [6.07, 6.45) is 2.24. The lowest BCUT2D eigenvalue weighted by molar-refractivity contribution is 0.321. The molecular formula is C19H25BrN4OS. The van der Waals surface area contributed by atoms with Gasteiger partial charge in [-0.15, -0.1) is 11.3 Å². The van der Waals surface area contributed by atoms with Crippen LogP contribution in [0.2, 0.25) is 0 Å². The summed E-state index contributed by atoms with van der Waals surface area (Å²) in [4.78, 5) is 6.79. The number of guanidine groups is 1. The first kappa shape index (κ1) is 19.0. The van der Waals surface area contributed by atoms with E-state index in [1.807, 2.05) is 42.6 Å². The van der Waals surface area contributed by atoms with E-state index in [1.54, 1.807) is 0 Å². The second kappa shape index (κ2) is 9.83. The van der Waals surface area contributed by atoms with Gasteiger partial charge in [-0.3, -0.25) is 4.99 Å². The lowest BCUT2D eigenvalue weighted by atomic mass is 10.1. The maximum atomic E-state index is 5.75. The molecule has 140 valence electrons. The summed E-state index contributed by atoms with van der Waals surface area (Å²) in [7, 11) is 1.81. The van der Waals surface area contributed by atoms with E-state index >= 15 is 0 Å². The van der Waals surface area contributed by atoms with Crippen molar-refractivity contribution in [2.75, 3.05) is 38.2 Å². The molecule has 1 aromatic carbocycles. The summed E-state index contributed by atoms with van der Waals surface area (Å²) in [6.45, 7) is 3.47. The van der Waals surface area contributed by atoms with Gasteiger partial charge < -0.3 is 20.3 Å². The van der Waals surface area contributed by atoms with E-state index in [2.05, 4.69) is 54.0 Å². The first-order valence-corrected chi connectivity index (χ1v) is 10.6. The molecule has 0 radical (unpaired) electrons. The molecule has 1 aliphatic heterocycles. The molecule has 0 amide bonds. The molecule has 5 nitrogen and oxygen atoms in total. The van der Waals surface area contributed by atoms with E-state index in [-0.39, 0.29) is 0 Å². The normalized spacial score (nSPS) is 15.8. The molecule has 0 unspecified atom stereocenters. The summed E-state index contributed by atoms with van der Waals surface area (Å²) in [5.41, 5.74) is 0. The van der Waals surface area contributed by atoms with Crippen LogP contribution in [0.3, 0.4) is 0 Å². The Morgan fingerprint density at radius 2 is 2.15 bits per heavy atom. The van der Waals surface area contributed by atoms with Gasteiger partial charge in [0, 0.05) is 30.7 Å². The first-order chi connectivity index (χ1) is 12.7. The number of halogens is 1. The molecule has 0 bridgehead atoms. The zero-order valence-corrected chi connectivity index (χ0v) is 17.4. The van der Waals surface area contributed by atoms with E-state index in [9.17, 15) is 0 Å². The SMILES string of the molecule is CN=C(NCCOc1cccc(Br)c1)NC1CCN(c2cccs2)CC1. The molecule has 3 rings (SSSR count). The van der Waals surface area contributed by atoms with E-state index < -0.39 is 0 Å². The number of hydrogen-bond acceptors (Lipinski definition) is 4. The van der Waals surface area contributed by atoms with Crippen LogP contribution in [-0.2, 0) is 0 Å². The van der Waals surface area contributed by atoms with Crippen LogP contribution in [0, 0.1) is 0 Å². The Kier molecular flexibility index (Phi) is 7.20. The Morgan fingerprint density at radius 1 is 1.31 bits per heavy atom. The highest BCUT2D eigenvalue weighted by atomic mass is 79.9. The topological polar surface area (TPSA) is 48.9 Å². The second-order valence-electron chi connectivity index (χ2n) is 6.16. The van der Waals surface area contributed by atoms with E-state index in [4.69, 9.17) is 4.74 Å². The van der Waals surface area contributed by atoms with Gasteiger partial charge >= 0.3 is 0 Å². The number of piperidine rings is 1. The van der Waals surface area contributed by atoms with Gasteiger partial charge in [-0.05, 0) is 48.6 Å². The summed E-state index contributed by atoms with van der Waals surface area (Å²) in [5, 5.41) is 10.4. The van der Waals surface area contributed by atoms with Gasteiger partial charge in [0.15, 0.2) is 5.96 Å². The van der Waals surface area contributed by atoms with Gasteiger partial charge in [-0.2, -0.15) is 0 Å². The molecule has 0 aliphatic carbocycles. The number of aliphatic imine (C=N–C) groups is 1. The van der Waals surface area contributed by atoms with Crippen molar-refractivity contribution >= 4 is 38.2 Å². The van der Waals surface area contributed by atoms with Crippen molar-refractivity contribution in [1.29, 1.82) is 0 Å². The number of hydrogen-bond donors (Lipinski definition) is 2. The zero-order valence-electron chi connectivity index (χ0n) is 15.0. The molecule has 1 aliphatic rings. The summed E-state index contributed by atoms with van der Waals surface area (Å²) >= 11 is 5.26. The minimum atomic E-state index is 0.461. The van der Waals surface area contributed by atoms with Gasteiger partial charge in [0.25, 0.3) is 0 Å². The van der Waals surface area contributed by atoms with Gasteiger partial charge in [0.1, 0.15) is 12.4 Å². The van der Waals surface area contributed by atoms with E-state index in [0.717, 1.165) is 42.1 Å². The third-order valence-electron chi connectivity index (χ3n) is 4.34. The number of rotatable bonds is 6. The number of ether oxygens (including phenoxy) is 1. The van der Waals surface area contributed by atoms with Gasteiger partial charge in [-0.1, -0.05) is 22.0 Å². The fourth-order valence-corrected chi connectivity index (χ4v) is 4.14. The lowest BCUT2D eigenvalue weighted by Crippen LogP contribution is -2.49. The molecule has 0 saturated carbocycles. The Morgan fingerprint density at radius 3 is 2.85 bits per heavy atom. The van der Waals surface area contributed by atoms with E-state index in [0.29, 0.717) is 19.2 Å². The van der Waals surface area contributed by atoms with Crippen LogP contribution in [0.4, 0.5) is 5.00 Å². The average molecular weight is 437 g/mol. The highest BCUT2D eigenvalue weighted by molar-refractivity contribution is 9.10. The van der Waals surface area contributed by atoms with Crippen LogP contribution in [-0.4, -0.2) is 45.3 Å². The Hall–Kier alpha value is -1.73. The van der Waals surface area contributed by atoms with Crippen LogP contribution < -0.4 is 20.3 Å². The Balaban J connectivity index is 1.36. The number of nitrogens with zero attached hydrogens (tertiary/aromatic N) is 2. The Bertz CT molecular complexity index is 699. The first-order valence-electron chi connectivity index (χ1n) is 8.88. The third kappa shape index (κ3) is 5.64. The van der Waals surface area contributed by atoms with Crippen molar-refractivity contribution in [2.45, 2.75) is 18.9 Å². The van der Waals surface area contributed by atoms with Crippen molar-refractivity contribution in [3.05, 3.63) is 46.3 Å². The summed E-state index contributed by atoms with van der Waals surface area (Å²) in [6, 6.07) is 12.7. The second-order valence-corrected chi connectivity index (χ2v) is 8.00. The fraction of sp³-hybridized carbons (Fsp3) is 0.421. The molecule has 1 aromatic heterocycles. The highest BCUT2D eigenvalue weighted by Crippen LogP contribution is 2.24. The predicted octanol–water partition coefficient (Wildman–Crippen LogP) is 3.72. The van der Waals surface area contributed by atoms with Gasteiger partial charge in [0.05, 0.1) is 11.5 Å². The predicted molar refractivity (Wildman–Crippen MR) is 114 cm³/mol. The monoisotopic (exact) mass is 436 g/mol. The van der Waals surface area contributed by atoms with Crippen LogP contribution in [0.5, 0.6) is 5.75 Å². The lowest BCUT2D eigenvalue weighted by Gasteiger charge is -2.33. The van der Waals surface area contributed by atoms with Crippen molar-refractivity contribution in [1.82, 2.24) is 10.6 Å². The molecule has 0 atom stereocenters. The minimum Gasteiger partial charge on any atom is -0.492 e. The number of anilines is 1. The number of thiophene rings is 1. The molecule has 1 saturated heterocycles. The molecule has 1 fully saturated rings. The van der Waals surface area contributed by atoms with Crippen molar-refractivity contribution < 1.29 is 4.74 Å². The van der Waals surface area contributed by atoms with Crippen LogP contribution in [0.25, 0.3) is 0 Å². The quantitative estimate of drug-likeness (QED) is 0.411. The van der Waals surface area contributed by atoms with Gasteiger partial charge in [-0.25, -0.2) is 0 Å². The van der Waals surface area contributed by atoms with Crippen LogP contribution in [0.1, 0.15) is 12.8 Å². The molecule has 7 heteroatoms. The molecule has 0 spiro atoms. The molecule has 2 heterocycles. The summed E-state index contributed by atoms with van der Waals surface area (Å²) in [5.74, 6) is 1.71. The van der Waals surface area contributed by atoms with Crippen molar-refractivity contribution in [3.63, 3.8) is 0 Å². The van der Waals surface area contributed by atoms with Crippen LogP contribution in [0.15, 0.2) is 51.2 Å². The zero-order chi connectivity index (χ0) is 18.2. The number of benzene rings is 1. The van der Waals surface area contributed by atoms with Crippen molar-refractivity contribution in [3.8, 4) is 5.75 Å². The number of nitrogens with one attached hydrogen (secondary N) is 2. The van der Waals surface area contributed by atoms with E-state index in [1.165, 1.54) is 5.00 Å². The fourth-order valence-electron chi connectivity index (χ4n) is 2.98. The average Bonchev–Trinajstić information content (AvgIpc) is 3.19. The summed E-state index contributed by atoms with van der Waals surface area (Å²) < 4.78 is 6.77. The third-order valence-corrected chi connectivity index (χ3v) is 5.76. The van der Waals surface area contributed by atoms with Crippen LogP contribution >= 0.6 is 27.3 Å². The minimum absolute atomic E-state index is 0.461. The largest absolute Gasteiger partial charge is 0.492 e. The molecule has 2 aromatic rings. The molecular weight excluding hydrogens is 412 g/mol. The highest BCUT2D eigenvalue weighted by Gasteiger charge is 2.20. The standard InChI is InChI=1S/C19H25BrN4OS/c1-21-19(22-9-12-25-17-5-2-4-15(20)14-17)23-16-7-10-24(11-8-16)18-6-3-13-26-18/h2-6,13-14,16H,7-12H2,1H3,(H2,21,22,23). The molecule has 26 heavy (non-hydrogen) atoms. The smallest absolute Gasteiger partial charge is 0.191 e. The maximum Gasteiger partial charge on any atom is 0.191 e. The van der Waals surface area contributed by atoms with Crippen molar-refractivity contribution in [2.24, 2.45) is 4.99 Å². The Labute approximate surface area is 167 Å². The molecule has 2 N–H and O–H groups in total.